The Hall–Kier alpha value is -3.78. The minimum atomic E-state index is -1.06. The van der Waals surface area contributed by atoms with Gasteiger partial charge in [-0.3, -0.25) is 9.59 Å². The summed E-state index contributed by atoms with van der Waals surface area (Å²) in [6, 6.07) is 12.0. The summed E-state index contributed by atoms with van der Waals surface area (Å²) < 4.78 is 10.6. The number of benzene rings is 2. The summed E-state index contributed by atoms with van der Waals surface area (Å²) in [5.74, 6) is 0.324. The fraction of sp³-hybridized carbons (Fsp3) is 0.182. The van der Waals surface area contributed by atoms with Gasteiger partial charge < -0.3 is 30.2 Å². The minimum absolute atomic E-state index is 0.176. The van der Waals surface area contributed by atoms with Gasteiger partial charge in [-0.05, 0) is 35.4 Å². The Morgan fingerprint density at radius 3 is 2.87 bits per heavy atom. The third-order valence-electron chi connectivity index (χ3n) is 4.75. The number of aliphatic hydroxyl groups is 1. The van der Waals surface area contributed by atoms with Gasteiger partial charge in [0, 0.05) is 29.7 Å². The first-order valence-corrected chi connectivity index (χ1v) is 9.46. The summed E-state index contributed by atoms with van der Waals surface area (Å²) >= 11 is 0. The molecule has 4 N–H and O–H groups in total. The van der Waals surface area contributed by atoms with Crippen LogP contribution in [-0.4, -0.2) is 41.3 Å². The van der Waals surface area contributed by atoms with Gasteiger partial charge >= 0.3 is 0 Å². The van der Waals surface area contributed by atoms with Crippen molar-refractivity contribution in [3.05, 3.63) is 65.9 Å². The highest BCUT2D eigenvalue weighted by Crippen LogP contribution is 2.32. The standard InChI is InChI=1S/C22H21N3O5/c26-12-18(22(28)24-10-14-5-7-19-20(9-14)30-13-29-19)25-21(27)8-6-15-11-23-17-4-2-1-3-16(15)17/h1-9,11,18,23,26H,10,12-13H2,(H,24,28)(H,25,27). The molecule has 1 atom stereocenters. The van der Waals surface area contributed by atoms with Crippen molar-refractivity contribution in [2.24, 2.45) is 0 Å². The minimum Gasteiger partial charge on any atom is -0.454 e. The SMILES string of the molecule is O=C(C=Cc1c[nH]c2ccccc12)NC(CO)C(=O)NCc1ccc2c(c1)OCO2. The summed E-state index contributed by atoms with van der Waals surface area (Å²) in [6.45, 7) is -0.109. The number of amides is 2. The summed E-state index contributed by atoms with van der Waals surface area (Å²) in [7, 11) is 0. The smallest absolute Gasteiger partial charge is 0.245 e. The second kappa shape index (κ2) is 8.71. The van der Waals surface area contributed by atoms with E-state index in [0.29, 0.717) is 11.5 Å². The van der Waals surface area contributed by atoms with Crippen LogP contribution in [0.5, 0.6) is 11.5 Å². The molecule has 1 aliphatic heterocycles. The second-order valence-electron chi connectivity index (χ2n) is 6.77. The van der Waals surface area contributed by atoms with Gasteiger partial charge in [-0.1, -0.05) is 24.3 Å². The molecule has 8 heteroatoms. The van der Waals surface area contributed by atoms with Crippen molar-refractivity contribution in [3.63, 3.8) is 0 Å². The Kier molecular flexibility index (Phi) is 5.67. The second-order valence-corrected chi connectivity index (χ2v) is 6.77. The van der Waals surface area contributed by atoms with Gasteiger partial charge in [0.2, 0.25) is 18.6 Å². The molecule has 4 rings (SSSR count). The molecule has 154 valence electrons. The third kappa shape index (κ3) is 4.28. The van der Waals surface area contributed by atoms with Crippen LogP contribution in [0.4, 0.5) is 0 Å². The molecule has 0 saturated carbocycles. The average molecular weight is 407 g/mol. The molecule has 1 unspecified atom stereocenters. The molecular weight excluding hydrogens is 386 g/mol. The van der Waals surface area contributed by atoms with Gasteiger partial charge in [0.15, 0.2) is 11.5 Å². The lowest BCUT2D eigenvalue weighted by molar-refractivity contribution is -0.128. The average Bonchev–Trinajstić information content (AvgIpc) is 3.40. The van der Waals surface area contributed by atoms with Gasteiger partial charge in [-0.15, -0.1) is 0 Å². The maximum Gasteiger partial charge on any atom is 0.245 e. The highest BCUT2D eigenvalue weighted by Gasteiger charge is 2.19. The Bertz CT molecular complexity index is 1110. The van der Waals surface area contributed by atoms with Gasteiger partial charge in [-0.25, -0.2) is 0 Å². The number of carbonyl (C=O) groups excluding carboxylic acids is 2. The fourth-order valence-corrected chi connectivity index (χ4v) is 3.17. The first-order valence-electron chi connectivity index (χ1n) is 9.46. The van der Waals surface area contributed by atoms with E-state index in [1.165, 1.54) is 6.08 Å². The molecule has 2 aromatic carbocycles. The number of fused-ring (bicyclic) bond motifs is 2. The summed E-state index contributed by atoms with van der Waals surface area (Å²) in [5.41, 5.74) is 2.64. The van der Waals surface area contributed by atoms with Gasteiger partial charge in [0.1, 0.15) is 6.04 Å². The van der Waals surface area contributed by atoms with Crippen molar-refractivity contribution in [2.75, 3.05) is 13.4 Å². The number of hydrogen-bond acceptors (Lipinski definition) is 5. The first kappa shape index (κ1) is 19.5. The van der Waals surface area contributed by atoms with Crippen LogP contribution >= 0.6 is 0 Å². The van der Waals surface area contributed by atoms with Gasteiger partial charge in [0.25, 0.3) is 0 Å². The number of rotatable bonds is 7. The van der Waals surface area contributed by atoms with Crippen LogP contribution in [0.25, 0.3) is 17.0 Å². The van der Waals surface area contributed by atoms with Gasteiger partial charge in [0.05, 0.1) is 6.61 Å². The van der Waals surface area contributed by atoms with E-state index in [4.69, 9.17) is 9.47 Å². The summed E-state index contributed by atoms with van der Waals surface area (Å²) in [5, 5.41) is 15.7. The number of aromatic nitrogens is 1. The zero-order chi connectivity index (χ0) is 20.9. The van der Waals surface area contributed by atoms with Crippen molar-refractivity contribution in [1.29, 1.82) is 0 Å². The van der Waals surface area contributed by atoms with Crippen LogP contribution in [0, 0.1) is 0 Å². The molecule has 1 aliphatic rings. The van der Waals surface area contributed by atoms with E-state index in [-0.39, 0.29) is 13.3 Å². The predicted molar refractivity (Wildman–Crippen MR) is 111 cm³/mol. The van der Waals surface area contributed by atoms with Crippen LogP contribution in [0.3, 0.4) is 0 Å². The molecule has 2 heterocycles. The number of aromatic amines is 1. The Balaban J connectivity index is 1.32. The summed E-state index contributed by atoms with van der Waals surface area (Å²) in [4.78, 5) is 27.7. The highest BCUT2D eigenvalue weighted by atomic mass is 16.7. The Morgan fingerprint density at radius 1 is 1.17 bits per heavy atom. The maximum atomic E-state index is 12.4. The van der Waals surface area contributed by atoms with Crippen molar-refractivity contribution in [2.45, 2.75) is 12.6 Å². The molecule has 0 radical (unpaired) electrons. The number of hydrogen-bond donors (Lipinski definition) is 4. The van der Waals surface area contributed by atoms with Crippen LogP contribution in [0.1, 0.15) is 11.1 Å². The lowest BCUT2D eigenvalue weighted by Gasteiger charge is -2.15. The zero-order valence-corrected chi connectivity index (χ0v) is 16.1. The van der Waals surface area contributed by atoms with Crippen LogP contribution in [-0.2, 0) is 16.1 Å². The largest absolute Gasteiger partial charge is 0.454 e. The van der Waals surface area contributed by atoms with E-state index in [2.05, 4.69) is 15.6 Å². The molecular formula is C22H21N3O5. The molecule has 0 fully saturated rings. The molecule has 0 aliphatic carbocycles. The van der Waals surface area contributed by atoms with E-state index in [9.17, 15) is 14.7 Å². The molecule has 1 aromatic heterocycles. The molecule has 8 nitrogen and oxygen atoms in total. The van der Waals surface area contributed by atoms with E-state index in [1.54, 1.807) is 24.4 Å². The Morgan fingerprint density at radius 2 is 2.00 bits per heavy atom. The molecule has 30 heavy (non-hydrogen) atoms. The van der Waals surface area contributed by atoms with Gasteiger partial charge in [-0.2, -0.15) is 0 Å². The predicted octanol–water partition coefficient (Wildman–Crippen LogP) is 1.70. The van der Waals surface area contributed by atoms with E-state index in [1.807, 2.05) is 30.3 Å². The van der Waals surface area contributed by atoms with Crippen LogP contribution < -0.4 is 20.1 Å². The quantitative estimate of drug-likeness (QED) is 0.446. The molecule has 0 spiro atoms. The number of carbonyl (C=O) groups is 2. The van der Waals surface area contributed by atoms with Crippen LogP contribution in [0.15, 0.2) is 54.7 Å². The third-order valence-corrected chi connectivity index (χ3v) is 4.75. The zero-order valence-electron chi connectivity index (χ0n) is 16.1. The number of H-pyrrole nitrogens is 1. The van der Waals surface area contributed by atoms with Crippen molar-refractivity contribution >= 4 is 28.8 Å². The topological polar surface area (TPSA) is 113 Å². The van der Waals surface area contributed by atoms with E-state index >= 15 is 0 Å². The lowest BCUT2D eigenvalue weighted by Crippen LogP contribution is -2.48. The number of ether oxygens (including phenoxy) is 2. The molecule has 2 amide bonds. The molecule has 0 saturated heterocycles. The highest BCUT2D eigenvalue weighted by molar-refractivity contribution is 5.98. The fourth-order valence-electron chi connectivity index (χ4n) is 3.17. The van der Waals surface area contributed by atoms with Crippen molar-refractivity contribution in [3.8, 4) is 11.5 Å². The molecule has 3 aromatic rings. The monoisotopic (exact) mass is 407 g/mol. The number of nitrogens with one attached hydrogen (secondary N) is 3. The van der Waals surface area contributed by atoms with E-state index in [0.717, 1.165) is 22.0 Å². The normalized spacial score (nSPS) is 13.5. The van der Waals surface area contributed by atoms with Crippen molar-refractivity contribution < 1.29 is 24.2 Å². The van der Waals surface area contributed by atoms with E-state index < -0.39 is 24.5 Å². The lowest BCUT2D eigenvalue weighted by atomic mass is 10.1. The number of aliphatic hydroxyl groups excluding tert-OH is 1. The maximum absolute atomic E-state index is 12.4. The first-order chi connectivity index (χ1) is 14.6. The summed E-state index contributed by atoms with van der Waals surface area (Å²) in [6.07, 6.45) is 4.80. The molecule has 0 bridgehead atoms. The number of para-hydroxylation sites is 1. The van der Waals surface area contributed by atoms with Crippen LogP contribution in [0.2, 0.25) is 0 Å². The van der Waals surface area contributed by atoms with Crippen molar-refractivity contribution in [1.82, 2.24) is 15.6 Å². The Labute approximate surface area is 172 Å².